The Morgan fingerprint density at radius 2 is 2.26 bits per heavy atom. The first-order chi connectivity index (χ1) is 12.2. The van der Waals surface area contributed by atoms with Crippen LogP contribution in [-0.2, 0) is 11.3 Å². The molecule has 0 aliphatic carbocycles. The first-order valence-corrected chi connectivity index (χ1v) is 7.16. The number of nitrogens with one attached hydrogen (secondary N) is 2. The Hall–Kier alpha value is -2.60. The number of nitrogens with zero attached hydrogens (tertiary/aromatic N) is 2. The fourth-order valence-electron chi connectivity index (χ4n) is 2.23. The molecular weight excluding hydrogens is 316 g/mol. The third kappa shape index (κ3) is 3.27. The lowest BCUT2D eigenvalue weighted by Crippen LogP contribution is -2.18. The summed E-state index contributed by atoms with van der Waals surface area (Å²) in [5.74, 6) is -0.208. The maximum absolute atomic E-state index is 11.0. The number of hydrogen-bond donors (Lipinski definition) is 2. The van der Waals surface area contributed by atoms with Gasteiger partial charge in [-0.15, -0.1) is 0 Å². The van der Waals surface area contributed by atoms with E-state index in [1.165, 1.54) is 19.3 Å². The number of fused-ring (bicyclic) bond motifs is 1. The molecule has 0 saturated carbocycles. The summed E-state index contributed by atoms with van der Waals surface area (Å²) in [6.45, 7) is 1.84. The highest BCUT2D eigenvalue weighted by atomic mass is 35.5. The number of carbonyl (C=O) groups excluding carboxylic acids is 1. The number of aromatic nitrogens is 3. The second-order valence-corrected chi connectivity index (χ2v) is 5.37. The van der Waals surface area contributed by atoms with Gasteiger partial charge in [0.2, 0.25) is 11.8 Å². The van der Waals surface area contributed by atoms with E-state index in [-0.39, 0.29) is 11.8 Å². The highest BCUT2D eigenvalue weighted by Gasteiger charge is 2.10. The van der Waals surface area contributed by atoms with Crippen molar-refractivity contribution in [2.24, 2.45) is 0 Å². The van der Waals surface area contributed by atoms with Gasteiger partial charge in [0.15, 0.2) is 0 Å². The second kappa shape index (κ2) is 6.26. The van der Waals surface area contributed by atoms with E-state index in [2.05, 4.69) is 20.3 Å². The van der Waals surface area contributed by atoms with Crippen molar-refractivity contribution in [1.29, 1.82) is 0 Å². The van der Waals surface area contributed by atoms with Crippen LogP contribution in [0.1, 0.15) is 16.7 Å². The third-order valence-electron chi connectivity index (χ3n) is 3.30. The van der Waals surface area contributed by atoms with Gasteiger partial charge in [0, 0.05) is 29.1 Å². The zero-order chi connectivity index (χ0) is 18.9. The lowest BCUT2D eigenvalue weighted by molar-refractivity contribution is -0.119. The SMILES string of the molecule is [2H]C([2H])([2H])Oc1cnc(-c2cc3[nH]c(CNC(C)=O)cc3cc2Cl)cn1. The Balaban J connectivity index is 1.89. The number of hydrogen-bond acceptors (Lipinski definition) is 4. The molecule has 2 N–H and O–H groups in total. The lowest BCUT2D eigenvalue weighted by Gasteiger charge is -2.05. The molecular formula is C16H15ClN4O2. The summed E-state index contributed by atoms with van der Waals surface area (Å²) in [6.07, 6.45) is 2.63. The molecule has 0 bridgehead atoms. The van der Waals surface area contributed by atoms with Gasteiger partial charge in [-0.25, -0.2) is 9.97 Å². The minimum absolute atomic E-state index is 0.0941. The minimum atomic E-state index is -2.58. The largest absolute Gasteiger partial charge is 0.480 e. The molecule has 23 heavy (non-hydrogen) atoms. The van der Waals surface area contributed by atoms with Crippen molar-refractivity contribution >= 4 is 28.4 Å². The van der Waals surface area contributed by atoms with Crippen LogP contribution in [-0.4, -0.2) is 27.9 Å². The number of benzene rings is 1. The standard InChI is InChI=1S/C16H15ClN4O2/c1-9(22)18-6-11-3-10-4-13(17)12(5-14(10)21-11)15-7-20-16(23-2)8-19-15/h3-5,7-8,21H,6H2,1-2H3,(H,18,22)/i2D3. The fraction of sp³-hybridized carbons (Fsp3) is 0.188. The van der Waals surface area contributed by atoms with Crippen molar-refractivity contribution in [2.75, 3.05) is 7.04 Å². The van der Waals surface area contributed by atoms with Gasteiger partial charge in [-0.3, -0.25) is 4.79 Å². The van der Waals surface area contributed by atoms with Crippen LogP contribution in [0.3, 0.4) is 0 Å². The monoisotopic (exact) mass is 333 g/mol. The summed E-state index contributed by atoms with van der Waals surface area (Å²) in [7, 11) is -2.58. The van der Waals surface area contributed by atoms with Crippen molar-refractivity contribution in [3.05, 3.63) is 41.3 Å². The van der Waals surface area contributed by atoms with Gasteiger partial charge in [-0.2, -0.15) is 0 Å². The van der Waals surface area contributed by atoms with E-state index < -0.39 is 7.04 Å². The number of H-pyrrole nitrogens is 1. The Kier molecular flexibility index (Phi) is 3.24. The van der Waals surface area contributed by atoms with Crippen LogP contribution in [0, 0.1) is 0 Å². The summed E-state index contributed by atoms with van der Waals surface area (Å²) >= 11 is 6.35. The van der Waals surface area contributed by atoms with Crippen LogP contribution >= 0.6 is 11.6 Å². The number of methoxy groups -OCH3 is 1. The number of rotatable bonds is 4. The van der Waals surface area contributed by atoms with Gasteiger partial charge in [-0.05, 0) is 18.2 Å². The number of aromatic amines is 1. The number of ether oxygens (including phenoxy) is 1. The fourth-order valence-corrected chi connectivity index (χ4v) is 2.50. The van der Waals surface area contributed by atoms with Crippen molar-refractivity contribution in [3.63, 3.8) is 0 Å². The van der Waals surface area contributed by atoms with E-state index in [1.807, 2.05) is 12.1 Å². The van der Waals surface area contributed by atoms with E-state index in [0.29, 0.717) is 22.8 Å². The maximum atomic E-state index is 11.0. The Morgan fingerprint density at radius 1 is 1.39 bits per heavy atom. The first-order valence-electron chi connectivity index (χ1n) is 8.28. The molecule has 118 valence electrons. The van der Waals surface area contributed by atoms with Crippen LogP contribution in [0.15, 0.2) is 30.6 Å². The quantitative estimate of drug-likeness (QED) is 0.769. The van der Waals surface area contributed by atoms with Crippen LogP contribution in [0.4, 0.5) is 0 Å². The lowest BCUT2D eigenvalue weighted by atomic mass is 10.1. The molecule has 0 unspecified atom stereocenters. The smallest absolute Gasteiger partial charge is 0.232 e. The van der Waals surface area contributed by atoms with Crippen molar-refractivity contribution in [2.45, 2.75) is 13.5 Å². The molecule has 1 aromatic carbocycles. The number of amides is 1. The van der Waals surface area contributed by atoms with Crippen LogP contribution < -0.4 is 10.1 Å². The maximum Gasteiger partial charge on any atom is 0.232 e. The van der Waals surface area contributed by atoms with E-state index in [9.17, 15) is 4.79 Å². The van der Waals surface area contributed by atoms with Gasteiger partial charge >= 0.3 is 0 Å². The molecule has 1 amide bonds. The highest BCUT2D eigenvalue weighted by molar-refractivity contribution is 6.34. The van der Waals surface area contributed by atoms with Crippen molar-refractivity contribution in [3.8, 4) is 17.1 Å². The zero-order valence-corrected chi connectivity index (χ0v) is 12.9. The topological polar surface area (TPSA) is 79.9 Å². The normalized spacial score (nSPS) is 13.2. The van der Waals surface area contributed by atoms with Crippen LogP contribution in [0.2, 0.25) is 5.02 Å². The molecule has 2 aromatic heterocycles. The molecule has 3 aromatic rings. The summed E-state index contributed by atoms with van der Waals surface area (Å²) in [5, 5.41) is 4.09. The first kappa shape index (κ1) is 11.9. The molecule has 0 aliphatic heterocycles. The highest BCUT2D eigenvalue weighted by Crippen LogP contribution is 2.31. The minimum Gasteiger partial charge on any atom is -0.480 e. The molecule has 0 fully saturated rings. The molecule has 2 heterocycles. The van der Waals surface area contributed by atoms with Gasteiger partial charge in [-0.1, -0.05) is 11.6 Å². The van der Waals surface area contributed by atoms with E-state index in [1.54, 1.807) is 6.07 Å². The van der Waals surface area contributed by atoms with Crippen LogP contribution in [0.25, 0.3) is 22.2 Å². The number of carbonyl (C=O) groups is 1. The Bertz CT molecular complexity index is 955. The van der Waals surface area contributed by atoms with Gasteiger partial charge in [0.05, 0.1) is 40.8 Å². The molecule has 0 atom stereocenters. The number of halogens is 1. The summed E-state index contributed by atoms with van der Waals surface area (Å²) in [5.41, 5.74) is 2.79. The van der Waals surface area contributed by atoms with Gasteiger partial charge in [0.1, 0.15) is 0 Å². The molecule has 0 radical (unpaired) electrons. The average Bonchev–Trinajstić information content (AvgIpc) is 2.93. The van der Waals surface area contributed by atoms with Crippen LogP contribution in [0.5, 0.6) is 5.88 Å². The molecule has 7 heteroatoms. The zero-order valence-electron chi connectivity index (χ0n) is 15.2. The molecule has 0 spiro atoms. The van der Waals surface area contributed by atoms with Gasteiger partial charge in [0.25, 0.3) is 0 Å². The molecule has 3 rings (SSSR count). The van der Waals surface area contributed by atoms with E-state index in [0.717, 1.165) is 16.6 Å². The average molecular weight is 334 g/mol. The summed E-state index contributed by atoms with van der Waals surface area (Å²) in [4.78, 5) is 22.4. The van der Waals surface area contributed by atoms with E-state index >= 15 is 0 Å². The molecule has 0 saturated heterocycles. The van der Waals surface area contributed by atoms with Gasteiger partial charge < -0.3 is 15.0 Å². The predicted octanol–water partition coefficient (Wildman–Crippen LogP) is 2.92. The Morgan fingerprint density at radius 3 is 2.96 bits per heavy atom. The summed E-state index contributed by atoms with van der Waals surface area (Å²) in [6, 6.07) is 5.51. The summed E-state index contributed by atoms with van der Waals surface area (Å²) < 4.78 is 25.9. The van der Waals surface area contributed by atoms with E-state index in [4.69, 9.17) is 20.5 Å². The molecule has 0 aliphatic rings. The van der Waals surface area contributed by atoms with Crippen molar-refractivity contribution in [1.82, 2.24) is 20.3 Å². The van der Waals surface area contributed by atoms with Crippen molar-refractivity contribution < 1.29 is 13.6 Å². The molecule has 6 nitrogen and oxygen atoms in total. The predicted molar refractivity (Wildman–Crippen MR) is 88.4 cm³/mol. The second-order valence-electron chi connectivity index (χ2n) is 4.97. The third-order valence-corrected chi connectivity index (χ3v) is 3.61. The Labute approximate surface area is 142 Å².